The van der Waals surface area contributed by atoms with Crippen molar-refractivity contribution in [2.24, 2.45) is 5.92 Å². The van der Waals surface area contributed by atoms with E-state index in [2.05, 4.69) is 42.7 Å². The summed E-state index contributed by atoms with van der Waals surface area (Å²) < 4.78 is 0. The van der Waals surface area contributed by atoms with Crippen LogP contribution in [0.25, 0.3) is 0 Å². The van der Waals surface area contributed by atoms with Crippen molar-refractivity contribution in [3.05, 3.63) is 64.7 Å². The maximum atomic E-state index is 12.7. The van der Waals surface area contributed by atoms with Gasteiger partial charge in [-0.15, -0.1) is 0 Å². The van der Waals surface area contributed by atoms with E-state index in [0.29, 0.717) is 23.6 Å². The number of nitrogens with one attached hydrogen (secondary N) is 2. The first-order chi connectivity index (χ1) is 12.5. The summed E-state index contributed by atoms with van der Waals surface area (Å²) in [6.07, 6.45) is 2.80. The van der Waals surface area contributed by atoms with Crippen LogP contribution in [-0.2, 0) is 4.79 Å². The van der Waals surface area contributed by atoms with Crippen molar-refractivity contribution in [3.63, 3.8) is 0 Å². The Hall–Kier alpha value is -2.62. The summed E-state index contributed by atoms with van der Waals surface area (Å²) in [6, 6.07) is 13.6. The smallest absolute Gasteiger partial charge is 0.253 e. The number of benzene rings is 2. The Morgan fingerprint density at radius 2 is 1.81 bits per heavy atom. The largest absolute Gasteiger partial charge is 0.355 e. The summed E-state index contributed by atoms with van der Waals surface area (Å²) >= 11 is 0. The third-order valence-electron chi connectivity index (χ3n) is 5.23. The van der Waals surface area contributed by atoms with Crippen LogP contribution in [0, 0.1) is 19.8 Å². The van der Waals surface area contributed by atoms with Gasteiger partial charge in [0.1, 0.15) is 0 Å². The lowest BCUT2D eigenvalue weighted by atomic mass is 9.89. The minimum absolute atomic E-state index is 0.0449. The number of carbonyl (C=O) groups excluding carboxylic acids is 2. The number of hydrogen-bond acceptors (Lipinski definition) is 2. The minimum atomic E-state index is -0.200. The third kappa shape index (κ3) is 4.13. The molecule has 0 aliphatic heterocycles. The van der Waals surface area contributed by atoms with E-state index in [-0.39, 0.29) is 17.7 Å². The quantitative estimate of drug-likeness (QED) is 0.821. The van der Waals surface area contributed by atoms with Crippen LogP contribution in [0.1, 0.15) is 52.2 Å². The van der Waals surface area contributed by atoms with Crippen LogP contribution in [0.15, 0.2) is 42.5 Å². The van der Waals surface area contributed by atoms with Crippen LogP contribution in [0.4, 0.5) is 5.69 Å². The van der Waals surface area contributed by atoms with Gasteiger partial charge in [0.25, 0.3) is 5.91 Å². The van der Waals surface area contributed by atoms with Gasteiger partial charge in [0.2, 0.25) is 5.91 Å². The maximum Gasteiger partial charge on any atom is 0.253 e. The molecule has 136 valence electrons. The highest BCUT2D eigenvalue weighted by Crippen LogP contribution is 2.45. The summed E-state index contributed by atoms with van der Waals surface area (Å²) in [4.78, 5) is 24.7. The molecule has 1 saturated carbocycles. The van der Waals surface area contributed by atoms with E-state index in [9.17, 15) is 9.59 Å². The molecule has 0 aromatic heterocycles. The highest BCUT2D eigenvalue weighted by molar-refractivity contribution is 6.03. The SMILES string of the molecule is CNC(=O)c1ccccc1NC(=O)CC(c1ccc(C)c(C)c1)C1CC1. The monoisotopic (exact) mass is 350 g/mol. The number of carbonyl (C=O) groups is 2. The molecule has 1 aliphatic carbocycles. The predicted octanol–water partition coefficient (Wildman–Crippen LogP) is 4.19. The number of para-hydroxylation sites is 1. The second-order valence-corrected chi connectivity index (χ2v) is 7.16. The van der Waals surface area contributed by atoms with Gasteiger partial charge in [-0.3, -0.25) is 9.59 Å². The first kappa shape index (κ1) is 18.2. The maximum absolute atomic E-state index is 12.7. The molecule has 0 heterocycles. The van der Waals surface area contributed by atoms with Gasteiger partial charge in [0.15, 0.2) is 0 Å². The van der Waals surface area contributed by atoms with Gasteiger partial charge < -0.3 is 10.6 Å². The second kappa shape index (κ2) is 7.73. The molecule has 0 radical (unpaired) electrons. The molecule has 0 saturated heterocycles. The molecule has 2 N–H and O–H groups in total. The van der Waals surface area contributed by atoms with Crippen LogP contribution in [0.2, 0.25) is 0 Å². The van der Waals surface area contributed by atoms with Gasteiger partial charge >= 0.3 is 0 Å². The first-order valence-electron chi connectivity index (χ1n) is 9.17. The Morgan fingerprint density at radius 3 is 2.46 bits per heavy atom. The molecular formula is C22H26N2O2. The van der Waals surface area contributed by atoms with Crippen LogP contribution in [-0.4, -0.2) is 18.9 Å². The molecule has 1 aliphatic rings. The minimum Gasteiger partial charge on any atom is -0.355 e. The zero-order valence-corrected chi connectivity index (χ0v) is 15.6. The molecule has 4 heteroatoms. The van der Waals surface area contributed by atoms with Crippen LogP contribution in [0.3, 0.4) is 0 Å². The van der Waals surface area contributed by atoms with Crippen molar-refractivity contribution in [1.82, 2.24) is 5.32 Å². The molecule has 3 rings (SSSR count). The Morgan fingerprint density at radius 1 is 1.08 bits per heavy atom. The zero-order valence-electron chi connectivity index (χ0n) is 15.6. The Kier molecular flexibility index (Phi) is 5.40. The predicted molar refractivity (Wildman–Crippen MR) is 104 cm³/mol. The Balaban J connectivity index is 1.76. The van der Waals surface area contributed by atoms with Gasteiger partial charge in [-0.05, 0) is 67.3 Å². The normalized spacial score (nSPS) is 14.6. The number of rotatable bonds is 6. The molecular weight excluding hydrogens is 324 g/mol. The first-order valence-corrected chi connectivity index (χ1v) is 9.17. The summed E-state index contributed by atoms with van der Waals surface area (Å²) in [5.41, 5.74) is 4.82. The van der Waals surface area contributed by atoms with Crippen LogP contribution >= 0.6 is 0 Å². The molecule has 0 spiro atoms. The Bertz CT molecular complexity index is 825. The highest BCUT2D eigenvalue weighted by Gasteiger charge is 2.34. The van der Waals surface area contributed by atoms with E-state index in [0.717, 1.165) is 0 Å². The lowest BCUT2D eigenvalue weighted by Gasteiger charge is -2.18. The van der Waals surface area contributed by atoms with Gasteiger partial charge in [0, 0.05) is 13.5 Å². The average Bonchev–Trinajstić information content (AvgIpc) is 3.47. The molecule has 0 bridgehead atoms. The van der Waals surface area contributed by atoms with Crippen molar-refractivity contribution in [2.45, 2.75) is 39.0 Å². The fraction of sp³-hybridized carbons (Fsp3) is 0.364. The van der Waals surface area contributed by atoms with Crippen molar-refractivity contribution < 1.29 is 9.59 Å². The molecule has 4 nitrogen and oxygen atoms in total. The van der Waals surface area contributed by atoms with Gasteiger partial charge in [-0.1, -0.05) is 30.3 Å². The standard InChI is InChI=1S/C22H26N2O2/c1-14-8-9-17(12-15(14)2)19(16-10-11-16)13-21(25)24-20-7-5-4-6-18(20)22(26)23-3/h4-9,12,16,19H,10-11,13H2,1-3H3,(H,23,26)(H,24,25). The second-order valence-electron chi connectivity index (χ2n) is 7.16. The summed E-state index contributed by atoms with van der Waals surface area (Å²) in [6.45, 7) is 4.22. The fourth-order valence-corrected chi connectivity index (χ4v) is 3.38. The average molecular weight is 350 g/mol. The number of anilines is 1. The van der Waals surface area contributed by atoms with E-state index in [1.54, 1.807) is 25.2 Å². The third-order valence-corrected chi connectivity index (χ3v) is 5.23. The highest BCUT2D eigenvalue weighted by atomic mass is 16.2. The van der Waals surface area contributed by atoms with Gasteiger partial charge in [0.05, 0.1) is 11.3 Å². The number of hydrogen-bond donors (Lipinski definition) is 2. The van der Waals surface area contributed by atoms with Crippen LogP contribution < -0.4 is 10.6 Å². The molecule has 2 aromatic carbocycles. The molecule has 26 heavy (non-hydrogen) atoms. The van der Waals surface area contributed by atoms with E-state index >= 15 is 0 Å². The fourth-order valence-electron chi connectivity index (χ4n) is 3.38. The molecule has 1 atom stereocenters. The van der Waals surface area contributed by atoms with Crippen molar-refractivity contribution in [1.29, 1.82) is 0 Å². The zero-order chi connectivity index (χ0) is 18.7. The topological polar surface area (TPSA) is 58.2 Å². The molecule has 2 aromatic rings. The molecule has 1 unspecified atom stereocenters. The summed E-state index contributed by atoms with van der Waals surface area (Å²) in [5, 5.41) is 5.55. The summed E-state index contributed by atoms with van der Waals surface area (Å²) in [5.74, 6) is 0.573. The van der Waals surface area contributed by atoms with E-state index in [1.807, 2.05) is 6.07 Å². The van der Waals surface area contributed by atoms with Crippen molar-refractivity contribution >= 4 is 17.5 Å². The van der Waals surface area contributed by atoms with Crippen LogP contribution in [0.5, 0.6) is 0 Å². The van der Waals surface area contributed by atoms with Gasteiger partial charge in [-0.2, -0.15) is 0 Å². The summed E-state index contributed by atoms with van der Waals surface area (Å²) in [7, 11) is 1.59. The lowest BCUT2D eigenvalue weighted by Crippen LogP contribution is -2.22. The van der Waals surface area contributed by atoms with E-state index in [1.165, 1.54) is 29.5 Å². The van der Waals surface area contributed by atoms with Crippen molar-refractivity contribution in [2.75, 3.05) is 12.4 Å². The van der Waals surface area contributed by atoms with Gasteiger partial charge in [-0.25, -0.2) is 0 Å². The Labute approximate surface area is 155 Å². The molecule has 1 fully saturated rings. The number of aryl methyl sites for hydroxylation is 2. The lowest BCUT2D eigenvalue weighted by molar-refractivity contribution is -0.116. The number of amides is 2. The van der Waals surface area contributed by atoms with Crippen molar-refractivity contribution in [3.8, 4) is 0 Å². The molecule has 2 amide bonds. The van der Waals surface area contributed by atoms with E-state index in [4.69, 9.17) is 0 Å². The van der Waals surface area contributed by atoms with E-state index < -0.39 is 0 Å².